The van der Waals surface area contributed by atoms with E-state index in [-0.39, 0.29) is 29.8 Å². The number of hydrogen-bond acceptors (Lipinski definition) is 4. The Morgan fingerprint density at radius 3 is 2.48 bits per heavy atom. The largest absolute Gasteiger partial charge is 0.372 e. The minimum atomic E-state index is -0.546. The molecule has 1 atom stereocenters. The van der Waals surface area contributed by atoms with Crippen LogP contribution < -0.4 is 10.9 Å². The van der Waals surface area contributed by atoms with E-state index in [9.17, 15) is 14.4 Å². The molecule has 1 saturated heterocycles. The average molecular weight is 291 g/mol. The van der Waals surface area contributed by atoms with Crippen molar-refractivity contribution in [2.24, 2.45) is 7.05 Å². The fourth-order valence-electron chi connectivity index (χ4n) is 2.68. The Morgan fingerprint density at radius 1 is 1.24 bits per heavy atom. The van der Waals surface area contributed by atoms with Gasteiger partial charge in [0, 0.05) is 25.4 Å². The van der Waals surface area contributed by atoms with E-state index in [1.54, 1.807) is 19.3 Å². The summed E-state index contributed by atoms with van der Waals surface area (Å²) in [7, 11) is 1.64. The van der Waals surface area contributed by atoms with Crippen LogP contribution in [0.3, 0.4) is 0 Å². The normalized spacial score (nSPS) is 18.7. The molecule has 2 heterocycles. The zero-order valence-corrected chi connectivity index (χ0v) is 12.6. The third-order valence-electron chi connectivity index (χ3n) is 3.92. The van der Waals surface area contributed by atoms with Crippen LogP contribution in [0.2, 0.25) is 0 Å². The molecule has 0 radical (unpaired) electrons. The van der Waals surface area contributed by atoms with Gasteiger partial charge in [0.15, 0.2) is 0 Å². The van der Waals surface area contributed by atoms with Gasteiger partial charge in [-0.05, 0) is 18.9 Å². The first-order chi connectivity index (χ1) is 9.97. The van der Waals surface area contributed by atoms with Crippen LogP contribution in [0, 0.1) is 0 Å². The monoisotopic (exact) mass is 291 g/mol. The van der Waals surface area contributed by atoms with Crippen molar-refractivity contribution >= 4 is 17.5 Å². The minimum Gasteiger partial charge on any atom is -0.372 e. The van der Waals surface area contributed by atoms with E-state index < -0.39 is 6.04 Å². The van der Waals surface area contributed by atoms with Crippen LogP contribution in [0.15, 0.2) is 23.1 Å². The fraction of sp³-hybridized carbons (Fsp3) is 0.533. The number of pyridine rings is 1. The van der Waals surface area contributed by atoms with Crippen LogP contribution in [-0.2, 0) is 16.6 Å². The van der Waals surface area contributed by atoms with Gasteiger partial charge in [-0.25, -0.2) is 0 Å². The molecule has 1 aromatic heterocycles. The van der Waals surface area contributed by atoms with Gasteiger partial charge in [0.25, 0.3) is 5.91 Å². The number of imide groups is 1. The van der Waals surface area contributed by atoms with Crippen molar-refractivity contribution < 1.29 is 9.59 Å². The Hall–Kier alpha value is -2.11. The van der Waals surface area contributed by atoms with Gasteiger partial charge in [-0.1, -0.05) is 13.8 Å². The summed E-state index contributed by atoms with van der Waals surface area (Å²) < 4.78 is 1.43. The Labute approximate surface area is 123 Å². The minimum absolute atomic E-state index is 0.0306. The third kappa shape index (κ3) is 2.99. The lowest BCUT2D eigenvalue weighted by molar-refractivity contribution is -0.141. The maximum Gasteiger partial charge on any atom is 0.252 e. The first-order valence-electron chi connectivity index (χ1n) is 7.27. The molecule has 0 spiro atoms. The number of nitrogens with one attached hydrogen (secondary N) is 1. The Morgan fingerprint density at radius 2 is 1.90 bits per heavy atom. The van der Waals surface area contributed by atoms with Crippen LogP contribution >= 0.6 is 0 Å². The SMILES string of the molecule is CCC(CC)N1C(=O)CC(Nc2ccc(=O)n(C)c2)C1=O. The van der Waals surface area contributed by atoms with Crippen molar-refractivity contribution in [2.75, 3.05) is 5.32 Å². The number of likely N-dealkylation sites (tertiary alicyclic amines) is 1. The van der Waals surface area contributed by atoms with Gasteiger partial charge < -0.3 is 9.88 Å². The number of aryl methyl sites for hydroxylation is 1. The molecule has 1 fully saturated rings. The molecule has 1 N–H and O–H groups in total. The lowest BCUT2D eigenvalue weighted by atomic mass is 10.1. The Bertz CT molecular complexity index is 604. The third-order valence-corrected chi connectivity index (χ3v) is 3.92. The molecule has 0 aromatic carbocycles. The maximum atomic E-state index is 12.4. The van der Waals surface area contributed by atoms with Gasteiger partial charge in [0.05, 0.1) is 12.1 Å². The van der Waals surface area contributed by atoms with Crippen LogP contribution in [0.1, 0.15) is 33.1 Å². The summed E-state index contributed by atoms with van der Waals surface area (Å²) in [6, 6.07) is 2.48. The van der Waals surface area contributed by atoms with E-state index in [0.29, 0.717) is 5.69 Å². The van der Waals surface area contributed by atoms with Crippen molar-refractivity contribution in [1.29, 1.82) is 0 Å². The summed E-state index contributed by atoms with van der Waals surface area (Å²) in [4.78, 5) is 37.2. The molecule has 1 unspecified atom stereocenters. The number of carbonyl (C=O) groups is 2. The number of carbonyl (C=O) groups excluding carboxylic acids is 2. The van der Waals surface area contributed by atoms with Gasteiger partial charge >= 0.3 is 0 Å². The van der Waals surface area contributed by atoms with E-state index in [2.05, 4.69) is 5.32 Å². The quantitative estimate of drug-likeness (QED) is 0.825. The number of anilines is 1. The van der Waals surface area contributed by atoms with Crippen molar-refractivity contribution in [3.63, 3.8) is 0 Å². The standard InChI is InChI=1S/C15H21N3O3/c1-4-11(5-2)18-14(20)8-12(15(18)21)16-10-6-7-13(19)17(3)9-10/h6-7,9,11-12,16H,4-5,8H2,1-3H3. The number of amides is 2. The van der Waals surface area contributed by atoms with Crippen molar-refractivity contribution in [3.05, 3.63) is 28.7 Å². The fourth-order valence-corrected chi connectivity index (χ4v) is 2.68. The average Bonchev–Trinajstić information content (AvgIpc) is 2.72. The van der Waals surface area contributed by atoms with E-state index in [1.165, 1.54) is 15.5 Å². The zero-order chi connectivity index (χ0) is 15.6. The molecule has 114 valence electrons. The van der Waals surface area contributed by atoms with Crippen LogP contribution in [0.5, 0.6) is 0 Å². The van der Waals surface area contributed by atoms with Gasteiger partial charge in [0.1, 0.15) is 6.04 Å². The molecule has 0 saturated carbocycles. The van der Waals surface area contributed by atoms with E-state index in [0.717, 1.165) is 12.8 Å². The summed E-state index contributed by atoms with van der Waals surface area (Å²) in [5.41, 5.74) is 0.544. The molecule has 1 aliphatic heterocycles. The second kappa shape index (κ2) is 6.11. The molecular formula is C15H21N3O3. The first-order valence-corrected chi connectivity index (χ1v) is 7.27. The van der Waals surface area contributed by atoms with E-state index >= 15 is 0 Å². The highest BCUT2D eigenvalue weighted by Gasteiger charge is 2.41. The van der Waals surface area contributed by atoms with Crippen molar-refractivity contribution in [1.82, 2.24) is 9.47 Å². The highest BCUT2D eigenvalue weighted by molar-refractivity contribution is 6.07. The second-order valence-electron chi connectivity index (χ2n) is 5.34. The molecule has 2 rings (SSSR count). The summed E-state index contributed by atoms with van der Waals surface area (Å²) >= 11 is 0. The van der Waals surface area contributed by atoms with E-state index in [1.807, 2.05) is 13.8 Å². The smallest absolute Gasteiger partial charge is 0.252 e. The second-order valence-corrected chi connectivity index (χ2v) is 5.34. The number of aromatic nitrogens is 1. The molecular weight excluding hydrogens is 270 g/mol. The van der Waals surface area contributed by atoms with Gasteiger partial charge in [-0.2, -0.15) is 0 Å². The number of hydrogen-bond donors (Lipinski definition) is 1. The highest BCUT2D eigenvalue weighted by Crippen LogP contribution is 2.22. The molecule has 6 heteroatoms. The van der Waals surface area contributed by atoms with Crippen LogP contribution in [-0.4, -0.2) is 33.4 Å². The summed E-state index contributed by atoms with van der Waals surface area (Å²) in [5.74, 6) is -0.307. The Kier molecular flexibility index (Phi) is 4.45. The van der Waals surface area contributed by atoms with E-state index in [4.69, 9.17) is 0 Å². The van der Waals surface area contributed by atoms with Gasteiger partial charge in [-0.15, -0.1) is 0 Å². The van der Waals surface area contributed by atoms with Crippen LogP contribution in [0.4, 0.5) is 5.69 Å². The maximum absolute atomic E-state index is 12.4. The highest BCUT2D eigenvalue weighted by atomic mass is 16.2. The summed E-state index contributed by atoms with van der Waals surface area (Å²) in [5, 5.41) is 3.05. The topological polar surface area (TPSA) is 71.4 Å². The molecule has 6 nitrogen and oxygen atoms in total. The lowest BCUT2D eigenvalue weighted by Gasteiger charge is -2.24. The molecule has 1 aliphatic rings. The van der Waals surface area contributed by atoms with Gasteiger partial charge in [0.2, 0.25) is 11.5 Å². The molecule has 0 bridgehead atoms. The molecule has 1 aromatic rings. The summed E-state index contributed by atoms with van der Waals surface area (Å²) in [6.45, 7) is 3.95. The Balaban J connectivity index is 2.15. The first kappa shape index (κ1) is 15.3. The number of rotatable bonds is 5. The van der Waals surface area contributed by atoms with Crippen LogP contribution in [0.25, 0.3) is 0 Å². The lowest BCUT2D eigenvalue weighted by Crippen LogP contribution is -2.41. The molecule has 0 aliphatic carbocycles. The zero-order valence-electron chi connectivity index (χ0n) is 12.6. The molecule has 21 heavy (non-hydrogen) atoms. The predicted molar refractivity (Wildman–Crippen MR) is 79.9 cm³/mol. The van der Waals surface area contributed by atoms with Crippen molar-refractivity contribution in [2.45, 2.75) is 45.2 Å². The summed E-state index contributed by atoms with van der Waals surface area (Å²) in [6.07, 6.45) is 3.32. The van der Waals surface area contributed by atoms with Gasteiger partial charge in [-0.3, -0.25) is 19.3 Å². The van der Waals surface area contributed by atoms with Crippen molar-refractivity contribution in [3.8, 4) is 0 Å². The molecule has 2 amide bonds. The predicted octanol–water partition coefficient (Wildman–Crippen LogP) is 1.11. The number of nitrogens with zero attached hydrogens (tertiary/aromatic N) is 2.